The molecule has 2 aromatic rings. The zero-order valence-corrected chi connectivity index (χ0v) is 11.7. The molecule has 1 atom stereocenters. The average Bonchev–Trinajstić information content (AvgIpc) is 2.98. The van der Waals surface area contributed by atoms with Gasteiger partial charge in [-0.1, -0.05) is 13.3 Å². The number of benzene rings is 1. The van der Waals surface area contributed by atoms with Gasteiger partial charge in [0.15, 0.2) is 0 Å². The first-order chi connectivity index (χ1) is 9.33. The fourth-order valence-corrected chi connectivity index (χ4v) is 2.08. The Morgan fingerprint density at radius 2 is 1.84 bits per heavy atom. The first kappa shape index (κ1) is 13.7. The van der Waals surface area contributed by atoms with Crippen LogP contribution in [0.5, 0.6) is 5.75 Å². The van der Waals surface area contributed by atoms with E-state index >= 15 is 0 Å². The van der Waals surface area contributed by atoms with Crippen LogP contribution in [0.15, 0.2) is 48.8 Å². The van der Waals surface area contributed by atoms with Crippen molar-refractivity contribution >= 4 is 0 Å². The summed E-state index contributed by atoms with van der Waals surface area (Å²) in [7, 11) is 1.98. The third-order valence-electron chi connectivity index (χ3n) is 3.24. The van der Waals surface area contributed by atoms with Gasteiger partial charge in [0, 0.05) is 24.1 Å². The predicted molar refractivity (Wildman–Crippen MR) is 79.0 cm³/mol. The highest BCUT2D eigenvalue weighted by Crippen LogP contribution is 2.16. The third kappa shape index (κ3) is 3.86. The number of nitrogens with zero attached hydrogens (tertiary/aromatic N) is 1. The zero-order valence-electron chi connectivity index (χ0n) is 11.7. The van der Waals surface area contributed by atoms with Crippen LogP contribution in [0.4, 0.5) is 0 Å². The van der Waals surface area contributed by atoms with E-state index in [1.165, 1.54) is 6.42 Å². The van der Waals surface area contributed by atoms with Gasteiger partial charge in [0.1, 0.15) is 12.4 Å². The van der Waals surface area contributed by atoms with Crippen molar-refractivity contribution in [1.29, 1.82) is 0 Å². The molecule has 0 aliphatic heterocycles. The second-order valence-corrected chi connectivity index (χ2v) is 4.67. The van der Waals surface area contributed by atoms with Gasteiger partial charge in [0.05, 0.1) is 0 Å². The SMILES string of the molecule is CCC[C@H](COc1ccc(-n2cccc2)cc1)NC. The Labute approximate surface area is 115 Å². The molecule has 0 saturated carbocycles. The number of hydrogen-bond acceptors (Lipinski definition) is 2. The summed E-state index contributed by atoms with van der Waals surface area (Å²) in [5, 5.41) is 3.28. The van der Waals surface area contributed by atoms with Crippen molar-refractivity contribution < 1.29 is 4.74 Å². The molecule has 0 spiro atoms. The fourth-order valence-electron chi connectivity index (χ4n) is 2.08. The molecule has 0 aliphatic rings. The van der Waals surface area contributed by atoms with Crippen LogP contribution in [-0.2, 0) is 0 Å². The van der Waals surface area contributed by atoms with Gasteiger partial charge in [-0.2, -0.15) is 0 Å². The Balaban J connectivity index is 1.92. The van der Waals surface area contributed by atoms with Crippen LogP contribution >= 0.6 is 0 Å². The largest absolute Gasteiger partial charge is 0.492 e. The maximum Gasteiger partial charge on any atom is 0.119 e. The molecule has 0 unspecified atom stereocenters. The van der Waals surface area contributed by atoms with Crippen molar-refractivity contribution in [2.45, 2.75) is 25.8 Å². The van der Waals surface area contributed by atoms with Crippen LogP contribution in [-0.4, -0.2) is 24.3 Å². The number of hydrogen-bond donors (Lipinski definition) is 1. The summed E-state index contributed by atoms with van der Waals surface area (Å²) >= 11 is 0. The van der Waals surface area contributed by atoms with Gasteiger partial charge in [-0.05, 0) is 49.9 Å². The number of ether oxygens (including phenoxy) is 1. The van der Waals surface area contributed by atoms with E-state index in [9.17, 15) is 0 Å². The first-order valence-corrected chi connectivity index (χ1v) is 6.87. The lowest BCUT2D eigenvalue weighted by molar-refractivity contribution is 0.262. The van der Waals surface area contributed by atoms with Crippen molar-refractivity contribution in [3.63, 3.8) is 0 Å². The Hall–Kier alpha value is -1.74. The highest BCUT2D eigenvalue weighted by molar-refractivity contribution is 5.37. The maximum absolute atomic E-state index is 5.81. The molecule has 1 heterocycles. The summed E-state index contributed by atoms with van der Waals surface area (Å²) in [6.45, 7) is 2.91. The molecule has 1 aromatic carbocycles. The number of aromatic nitrogens is 1. The number of likely N-dealkylation sites (N-methyl/N-ethyl adjacent to an activating group) is 1. The van der Waals surface area contributed by atoms with E-state index in [1.54, 1.807) is 0 Å². The van der Waals surface area contributed by atoms with Crippen LogP contribution in [0.1, 0.15) is 19.8 Å². The molecule has 3 heteroatoms. The van der Waals surface area contributed by atoms with E-state index < -0.39 is 0 Å². The van der Waals surface area contributed by atoms with Crippen molar-refractivity contribution in [3.8, 4) is 11.4 Å². The second kappa shape index (κ2) is 7.00. The van der Waals surface area contributed by atoms with Crippen LogP contribution in [0.25, 0.3) is 5.69 Å². The summed E-state index contributed by atoms with van der Waals surface area (Å²) in [4.78, 5) is 0. The van der Waals surface area contributed by atoms with Gasteiger partial charge < -0.3 is 14.6 Å². The van der Waals surface area contributed by atoms with Crippen molar-refractivity contribution in [1.82, 2.24) is 9.88 Å². The molecular weight excluding hydrogens is 236 g/mol. The van der Waals surface area contributed by atoms with Gasteiger partial charge >= 0.3 is 0 Å². The number of nitrogens with one attached hydrogen (secondary N) is 1. The van der Waals surface area contributed by atoms with Crippen molar-refractivity contribution in [2.75, 3.05) is 13.7 Å². The molecule has 0 amide bonds. The molecule has 2 rings (SSSR count). The van der Waals surface area contributed by atoms with E-state index in [1.807, 2.05) is 43.7 Å². The van der Waals surface area contributed by atoms with Crippen LogP contribution in [0.2, 0.25) is 0 Å². The lowest BCUT2D eigenvalue weighted by Crippen LogP contribution is -2.31. The summed E-state index contributed by atoms with van der Waals surface area (Å²) in [5.74, 6) is 0.923. The lowest BCUT2D eigenvalue weighted by Gasteiger charge is -2.16. The molecule has 19 heavy (non-hydrogen) atoms. The first-order valence-electron chi connectivity index (χ1n) is 6.87. The third-order valence-corrected chi connectivity index (χ3v) is 3.24. The van der Waals surface area contributed by atoms with E-state index in [0.717, 1.165) is 17.9 Å². The monoisotopic (exact) mass is 258 g/mol. The molecule has 1 N–H and O–H groups in total. The highest BCUT2D eigenvalue weighted by atomic mass is 16.5. The molecule has 1 aromatic heterocycles. The van der Waals surface area contributed by atoms with Gasteiger partial charge in [0.25, 0.3) is 0 Å². The minimum absolute atomic E-state index is 0.425. The van der Waals surface area contributed by atoms with Crippen molar-refractivity contribution in [2.24, 2.45) is 0 Å². The molecule has 102 valence electrons. The molecule has 0 saturated heterocycles. The summed E-state index contributed by atoms with van der Waals surface area (Å²) < 4.78 is 7.89. The normalized spacial score (nSPS) is 12.3. The van der Waals surface area contributed by atoms with E-state index in [4.69, 9.17) is 4.74 Å². The molecule has 0 radical (unpaired) electrons. The minimum Gasteiger partial charge on any atom is -0.492 e. The quantitative estimate of drug-likeness (QED) is 0.825. The minimum atomic E-state index is 0.425. The van der Waals surface area contributed by atoms with Gasteiger partial charge in [0.2, 0.25) is 0 Å². The topological polar surface area (TPSA) is 26.2 Å². The fraction of sp³-hybridized carbons (Fsp3) is 0.375. The summed E-state index contributed by atoms with van der Waals surface area (Å²) in [6, 6.07) is 12.7. The van der Waals surface area contributed by atoms with Crippen molar-refractivity contribution in [3.05, 3.63) is 48.8 Å². The maximum atomic E-state index is 5.81. The lowest BCUT2D eigenvalue weighted by atomic mass is 10.2. The van der Waals surface area contributed by atoms with Gasteiger partial charge in [-0.3, -0.25) is 0 Å². The number of rotatable bonds is 7. The predicted octanol–water partition coefficient (Wildman–Crippen LogP) is 3.24. The van der Waals surface area contributed by atoms with E-state index in [2.05, 4.69) is 28.9 Å². The van der Waals surface area contributed by atoms with Crippen LogP contribution < -0.4 is 10.1 Å². The van der Waals surface area contributed by atoms with E-state index in [-0.39, 0.29) is 0 Å². The molecule has 0 fully saturated rings. The molecule has 3 nitrogen and oxygen atoms in total. The molecule has 0 aliphatic carbocycles. The summed E-state index contributed by atoms with van der Waals surface area (Å²) in [5.41, 5.74) is 1.15. The Bertz CT molecular complexity index is 462. The second-order valence-electron chi connectivity index (χ2n) is 4.67. The van der Waals surface area contributed by atoms with E-state index in [0.29, 0.717) is 12.6 Å². The van der Waals surface area contributed by atoms with Gasteiger partial charge in [-0.25, -0.2) is 0 Å². The van der Waals surface area contributed by atoms with Gasteiger partial charge in [-0.15, -0.1) is 0 Å². The molecular formula is C16H22N2O. The molecule has 0 bridgehead atoms. The zero-order chi connectivity index (χ0) is 13.5. The smallest absolute Gasteiger partial charge is 0.119 e. The van der Waals surface area contributed by atoms with Crippen LogP contribution in [0.3, 0.4) is 0 Å². The van der Waals surface area contributed by atoms with Crippen LogP contribution in [0, 0.1) is 0 Å². The standard InChI is InChI=1S/C16H22N2O/c1-3-6-14(17-2)13-19-16-9-7-15(8-10-16)18-11-4-5-12-18/h4-5,7-12,14,17H,3,6,13H2,1-2H3/t14-/m1/s1. The average molecular weight is 258 g/mol. The Morgan fingerprint density at radius 3 is 2.42 bits per heavy atom. The Kier molecular flexibility index (Phi) is 5.04. The highest BCUT2D eigenvalue weighted by Gasteiger charge is 2.05. The summed E-state index contributed by atoms with van der Waals surface area (Å²) in [6.07, 6.45) is 6.38. The Morgan fingerprint density at radius 1 is 1.16 bits per heavy atom.